The van der Waals surface area contributed by atoms with E-state index in [4.69, 9.17) is 0 Å². The fourth-order valence-electron chi connectivity index (χ4n) is 4.70. The number of benzene rings is 4. The van der Waals surface area contributed by atoms with Crippen molar-refractivity contribution in [3.63, 3.8) is 0 Å². The number of fused-ring (bicyclic) bond motifs is 5. The molecule has 4 aromatic rings. The van der Waals surface area contributed by atoms with Crippen molar-refractivity contribution in [3.05, 3.63) is 117 Å². The lowest BCUT2D eigenvalue weighted by molar-refractivity contribution is 0.103. The van der Waals surface area contributed by atoms with Crippen LogP contribution in [0, 0.1) is 0 Å². The normalized spacial score (nSPS) is 17.0. The highest BCUT2D eigenvalue weighted by Crippen LogP contribution is 2.51. The number of Topliss-reactive ketones (excluding diaryl/α,β-unsaturated/α-hetero) is 1. The van der Waals surface area contributed by atoms with E-state index in [0.717, 1.165) is 38.1 Å². The van der Waals surface area contributed by atoms with Crippen molar-refractivity contribution < 1.29 is 4.79 Å². The first-order chi connectivity index (χ1) is 14.2. The number of halogens is 1. The summed E-state index contributed by atoms with van der Waals surface area (Å²) in [7, 11) is 0. The zero-order valence-electron chi connectivity index (χ0n) is 15.4. The van der Waals surface area contributed by atoms with Crippen molar-refractivity contribution in [1.82, 2.24) is 0 Å². The van der Waals surface area contributed by atoms with Crippen LogP contribution in [0.1, 0.15) is 33.0 Å². The summed E-state index contributed by atoms with van der Waals surface area (Å²) < 4.78 is 1.03. The van der Waals surface area contributed by atoms with Crippen LogP contribution < -0.4 is 5.32 Å². The number of ketones is 1. The van der Waals surface area contributed by atoms with Gasteiger partial charge in [-0.05, 0) is 40.1 Å². The van der Waals surface area contributed by atoms with E-state index >= 15 is 0 Å². The molecule has 0 bridgehead atoms. The van der Waals surface area contributed by atoms with E-state index in [9.17, 15) is 4.79 Å². The van der Waals surface area contributed by atoms with Crippen LogP contribution in [-0.2, 0) is 0 Å². The maximum atomic E-state index is 13.5. The molecule has 0 fully saturated rings. The molecule has 0 saturated carbocycles. The monoisotopic (exact) mass is 437 g/mol. The van der Waals surface area contributed by atoms with Crippen LogP contribution in [0.25, 0.3) is 16.5 Å². The average Bonchev–Trinajstić information content (AvgIpc) is 3.05. The topological polar surface area (TPSA) is 29.1 Å². The van der Waals surface area contributed by atoms with Crippen molar-refractivity contribution in [2.24, 2.45) is 0 Å². The quantitative estimate of drug-likeness (QED) is 0.356. The largest absolute Gasteiger partial charge is 0.354 e. The highest BCUT2D eigenvalue weighted by molar-refractivity contribution is 9.10. The molecule has 6 rings (SSSR count). The molecule has 0 saturated heterocycles. The number of hydrogen-bond donors (Lipinski definition) is 1. The molecule has 1 N–H and O–H groups in total. The third-order valence-electron chi connectivity index (χ3n) is 5.97. The van der Waals surface area contributed by atoms with Crippen molar-refractivity contribution in [2.75, 3.05) is 5.32 Å². The summed E-state index contributed by atoms with van der Waals surface area (Å²) in [6, 6.07) is 28.9. The zero-order valence-corrected chi connectivity index (χ0v) is 17.0. The molecule has 2 nitrogen and oxygen atoms in total. The van der Waals surface area contributed by atoms with E-state index in [1.807, 2.05) is 24.3 Å². The van der Waals surface area contributed by atoms with Crippen LogP contribution in [-0.4, -0.2) is 5.78 Å². The van der Waals surface area contributed by atoms with Gasteiger partial charge >= 0.3 is 0 Å². The molecule has 0 amide bonds. The minimum atomic E-state index is -0.111. The summed E-state index contributed by atoms with van der Waals surface area (Å²) in [5, 5.41) is 5.96. The van der Waals surface area contributed by atoms with Crippen molar-refractivity contribution in [1.29, 1.82) is 0 Å². The first-order valence-electron chi connectivity index (χ1n) is 9.65. The van der Waals surface area contributed by atoms with E-state index in [1.165, 1.54) is 16.3 Å². The second-order valence-corrected chi connectivity index (χ2v) is 8.44. The van der Waals surface area contributed by atoms with Crippen LogP contribution >= 0.6 is 15.9 Å². The highest BCUT2D eigenvalue weighted by Gasteiger charge is 2.40. The molecule has 0 aromatic heterocycles. The van der Waals surface area contributed by atoms with Gasteiger partial charge < -0.3 is 5.32 Å². The molecule has 2 aliphatic rings. The second kappa shape index (κ2) is 6.16. The summed E-state index contributed by atoms with van der Waals surface area (Å²) in [5.41, 5.74) is 6.93. The molecule has 1 atom stereocenters. The second-order valence-electron chi connectivity index (χ2n) is 7.52. The van der Waals surface area contributed by atoms with E-state index in [1.54, 1.807) is 0 Å². The SMILES string of the molecule is O=C1C2=C(Nc3ccc4ccccc4c3C2c2ccc(Br)cc2)c2ccccc21. The van der Waals surface area contributed by atoms with Gasteiger partial charge in [0.1, 0.15) is 0 Å². The average molecular weight is 438 g/mol. The lowest BCUT2D eigenvalue weighted by atomic mass is 9.78. The van der Waals surface area contributed by atoms with E-state index in [2.05, 4.69) is 81.9 Å². The van der Waals surface area contributed by atoms with Crippen LogP contribution in [0.2, 0.25) is 0 Å². The van der Waals surface area contributed by atoms with E-state index < -0.39 is 0 Å². The first kappa shape index (κ1) is 16.8. The Morgan fingerprint density at radius 3 is 2.31 bits per heavy atom. The fourth-order valence-corrected chi connectivity index (χ4v) is 4.96. The Morgan fingerprint density at radius 2 is 1.48 bits per heavy atom. The Balaban J connectivity index is 1.69. The summed E-state index contributed by atoms with van der Waals surface area (Å²) in [4.78, 5) is 13.5. The molecule has 29 heavy (non-hydrogen) atoms. The number of carbonyl (C=O) groups excluding carboxylic acids is 1. The summed E-state index contributed by atoms with van der Waals surface area (Å²) in [6.45, 7) is 0. The summed E-state index contributed by atoms with van der Waals surface area (Å²) in [5.74, 6) is 0.00922. The van der Waals surface area contributed by atoms with Gasteiger partial charge in [0.25, 0.3) is 0 Å². The van der Waals surface area contributed by atoms with Crippen molar-refractivity contribution in [2.45, 2.75) is 5.92 Å². The molecular weight excluding hydrogens is 422 g/mol. The minimum Gasteiger partial charge on any atom is -0.354 e. The smallest absolute Gasteiger partial charge is 0.192 e. The van der Waals surface area contributed by atoms with Crippen molar-refractivity contribution >= 4 is 43.9 Å². The van der Waals surface area contributed by atoms with Gasteiger partial charge in [0.15, 0.2) is 5.78 Å². The molecule has 0 radical (unpaired) electrons. The maximum absolute atomic E-state index is 13.5. The lowest BCUT2D eigenvalue weighted by Crippen LogP contribution is -2.19. The Morgan fingerprint density at radius 1 is 0.759 bits per heavy atom. The fraction of sp³-hybridized carbons (Fsp3) is 0.0385. The maximum Gasteiger partial charge on any atom is 0.192 e. The Hall–Kier alpha value is -3.17. The molecule has 1 unspecified atom stereocenters. The van der Waals surface area contributed by atoms with Crippen molar-refractivity contribution in [3.8, 4) is 0 Å². The molecule has 1 heterocycles. The number of allylic oxidation sites excluding steroid dienone is 1. The van der Waals surface area contributed by atoms with Gasteiger partial charge in [-0.25, -0.2) is 0 Å². The zero-order chi connectivity index (χ0) is 19.5. The summed E-state index contributed by atoms with van der Waals surface area (Å²) >= 11 is 3.54. The van der Waals surface area contributed by atoms with E-state index in [-0.39, 0.29) is 11.7 Å². The van der Waals surface area contributed by atoms with Crippen LogP contribution in [0.4, 0.5) is 5.69 Å². The Kier molecular flexibility index (Phi) is 3.56. The highest BCUT2D eigenvalue weighted by atomic mass is 79.9. The number of carbonyl (C=O) groups is 1. The van der Waals surface area contributed by atoms with Gasteiger partial charge in [-0.3, -0.25) is 4.79 Å². The molecule has 4 aromatic carbocycles. The lowest BCUT2D eigenvalue weighted by Gasteiger charge is -2.30. The number of anilines is 1. The standard InChI is InChI=1S/C26H16BrNO/c27-17-12-9-16(10-13-17)22-23-18-6-2-1-5-15(18)11-14-21(23)28-25-19-7-3-4-8-20(19)26(29)24(22)25/h1-14,22,28H. The molecule has 138 valence electrons. The Labute approximate surface area is 177 Å². The van der Waals surface area contributed by atoms with Gasteiger partial charge in [0.05, 0.1) is 5.70 Å². The van der Waals surface area contributed by atoms with Gasteiger partial charge in [-0.1, -0.05) is 82.7 Å². The van der Waals surface area contributed by atoms with Gasteiger partial charge in [-0.15, -0.1) is 0 Å². The van der Waals surface area contributed by atoms with Gasteiger partial charge in [0.2, 0.25) is 0 Å². The van der Waals surface area contributed by atoms with Gasteiger partial charge in [0, 0.05) is 32.8 Å². The van der Waals surface area contributed by atoms with E-state index in [0.29, 0.717) is 0 Å². The number of nitrogens with one attached hydrogen (secondary N) is 1. The molecule has 0 spiro atoms. The van der Waals surface area contributed by atoms with Crippen LogP contribution in [0.15, 0.2) is 95.0 Å². The van der Waals surface area contributed by atoms with Crippen LogP contribution in [0.5, 0.6) is 0 Å². The third kappa shape index (κ3) is 2.37. The predicted molar refractivity (Wildman–Crippen MR) is 121 cm³/mol. The minimum absolute atomic E-state index is 0.111. The molecule has 1 aliphatic carbocycles. The molecule has 3 heteroatoms. The predicted octanol–water partition coefficient (Wildman–Crippen LogP) is 6.77. The summed E-state index contributed by atoms with van der Waals surface area (Å²) in [6.07, 6.45) is 0. The molecular formula is C26H16BrNO. The molecule has 1 aliphatic heterocycles. The third-order valence-corrected chi connectivity index (χ3v) is 6.49. The number of rotatable bonds is 1. The number of hydrogen-bond acceptors (Lipinski definition) is 2. The first-order valence-corrected chi connectivity index (χ1v) is 10.4. The van der Waals surface area contributed by atoms with Gasteiger partial charge in [-0.2, -0.15) is 0 Å². The van der Waals surface area contributed by atoms with Crippen LogP contribution in [0.3, 0.4) is 0 Å². The Bertz CT molecular complexity index is 1350.